The SMILES string of the molecule is CCCCCCCCCCCCCCCCOC(=O)C(C#N)=Cc1ccc(OC)c(OC)c1. The molecule has 0 N–H and O–H groups in total. The summed E-state index contributed by atoms with van der Waals surface area (Å²) < 4.78 is 15.8. The molecule has 0 aliphatic carbocycles. The summed E-state index contributed by atoms with van der Waals surface area (Å²) in [6.45, 7) is 2.61. The maximum atomic E-state index is 12.2. The molecule has 1 aromatic rings. The van der Waals surface area contributed by atoms with Gasteiger partial charge in [0.25, 0.3) is 0 Å². The van der Waals surface area contributed by atoms with E-state index in [4.69, 9.17) is 14.2 Å². The molecule has 0 radical (unpaired) electrons. The first kappa shape index (κ1) is 28.6. The Hall–Kier alpha value is -2.48. The Labute approximate surface area is 201 Å². The highest BCUT2D eigenvalue weighted by atomic mass is 16.5. The largest absolute Gasteiger partial charge is 0.493 e. The second kappa shape index (κ2) is 19.0. The van der Waals surface area contributed by atoms with E-state index in [1.807, 2.05) is 6.07 Å². The minimum atomic E-state index is -0.582. The summed E-state index contributed by atoms with van der Waals surface area (Å²) in [5, 5.41) is 9.34. The van der Waals surface area contributed by atoms with Gasteiger partial charge in [-0.25, -0.2) is 4.79 Å². The van der Waals surface area contributed by atoms with Crippen molar-refractivity contribution in [2.45, 2.75) is 96.8 Å². The molecule has 0 bridgehead atoms. The molecule has 0 fully saturated rings. The summed E-state index contributed by atoms with van der Waals surface area (Å²) in [5.74, 6) is 0.551. The van der Waals surface area contributed by atoms with Gasteiger partial charge in [0.05, 0.1) is 20.8 Å². The summed E-state index contributed by atoms with van der Waals surface area (Å²) in [6, 6.07) is 7.15. The van der Waals surface area contributed by atoms with Crippen LogP contribution in [0.3, 0.4) is 0 Å². The van der Waals surface area contributed by atoms with Crippen LogP contribution in [0, 0.1) is 11.3 Å². The lowest BCUT2D eigenvalue weighted by molar-refractivity contribution is -0.138. The normalized spacial score (nSPS) is 11.2. The van der Waals surface area contributed by atoms with Gasteiger partial charge >= 0.3 is 5.97 Å². The minimum absolute atomic E-state index is 0.0208. The van der Waals surface area contributed by atoms with Gasteiger partial charge in [0.2, 0.25) is 0 Å². The van der Waals surface area contributed by atoms with Crippen molar-refractivity contribution < 1.29 is 19.0 Å². The number of hydrogen-bond donors (Lipinski definition) is 0. The highest BCUT2D eigenvalue weighted by molar-refractivity contribution is 5.97. The van der Waals surface area contributed by atoms with Crippen molar-refractivity contribution in [2.24, 2.45) is 0 Å². The molecule has 1 rings (SSSR count). The quantitative estimate of drug-likeness (QED) is 0.0924. The molecule has 0 heterocycles. The topological polar surface area (TPSA) is 68.6 Å². The van der Waals surface area contributed by atoms with Crippen LogP contribution in [0.1, 0.15) is 102 Å². The van der Waals surface area contributed by atoms with Gasteiger partial charge in [0, 0.05) is 0 Å². The fraction of sp³-hybridized carbons (Fsp3) is 0.643. The van der Waals surface area contributed by atoms with E-state index in [0.29, 0.717) is 23.7 Å². The molecule has 1 aromatic carbocycles. The van der Waals surface area contributed by atoms with Crippen molar-refractivity contribution in [3.05, 3.63) is 29.3 Å². The molecule has 33 heavy (non-hydrogen) atoms. The monoisotopic (exact) mass is 457 g/mol. The Morgan fingerprint density at radius 3 is 1.82 bits per heavy atom. The van der Waals surface area contributed by atoms with Crippen molar-refractivity contribution >= 4 is 12.0 Å². The van der Waals surface area contributed by atoms with Gasteiger partial charge in [-0.2, -0.15) is 5.26 Å². The second-order valence-electron chi connectivity index (χ2n) is 8.52. The lowest BCUT2D eigenvalue weighted by Crippen LogP contribution is -2.08. The van der Waals surface area contributed by atoms with Crippen LogP contribution in [0.2, 0.25) is 0 Å². The molecular weight excluding hydrogens is 414 g/mol. The molecule has 0 aliphatic rings. The van der Waals surface area contributed by atoms with Gasteiger partial charge in [0.15, 0.2) is 11.5 Å². The van der Waals surface area contributed by atoms with Crippen LogP contribution in [0.25, 0.3) is 6.08 Å². The zero-order valence-electron chi connectivity index (χ0n) is 21.0. The van der Waals surface area contributed by atoms with Crippen molar-refractivity contribution in [3.63, 3.8) is 0 Å². The summed E-state index contributed by atoms with van der Waals surface area (Å²) in [4.78, 5) is 12.2. The lowest BCUT2D eigenvalue weighted by Gasteiger charge is -2.08. The van der Waals surface area contributed by atoms with Gasteiger partial charge in [-0.3, -0.25) is 0 Å². The van der Waals surface area contributed by atoms with E-state index in [1.165, 1.54) is 83.1 Å². The van der Waals surface area contributed by atoms with Gasteiger partial charge in [-0.05, 0) is 30.2 Å². The minimum Gasteiger partial charge on any atom is -0.493 e. The van der Waals surface area contributed by atoms with E-state index in [-0.39, 0.29) is 5.57 Å². The highest BCUT2D eigenvalue weighted by Gasteiger charge is 2.12. The Balaban J connectivity index is 2.14. The standard InChI is InChI=1S/C28H43NO4/c1-4-5-6-7-8-9-10-11-12-13-14-15-16-17-20-33-28(30)25(23-29)21-24-18-19-26(31-2)27(22-24)32-3/h18-19,21-22H,4-17,20H2,1-3H3. The predicted molar refractivity (Wildman–Crippen MR) is 134 cm³/mol. The number of methoxy groups -OCH3 is 2. The average molecular weight is 458 g/mol. The summed E-state index contributed by atoms with van der Waals surface area (Å²) in [6.07, 6.45) is 19.5. The van der Waals surface area contributed by atoms with Crippen LogP contribution < -0.4 is 9.47 Å². The third-order valence-corrected chi connectivity index (χ3v) is 5.79. The zero-order valence-corrected chi connectivity index (χ0v) is 21.0. The third kappa shape index (κ3) is 13.0. The van der Waals surface area contributed by atoms with E-state index in [9.17, 15) is 10.1 Å². The number of esters is 1. The van der Waals surface area contributed by atoms with Crippen LogP contribution in [-0.2, 0) is 9.53 Å². The number of carbonyl (C=O) groups excluding carboxylic acids is 1. The van der Waals surface area contributed by atoms with Crippen LogP contribution >= 0.6 is 0 Å². The predicted octanol–water partition coefficient (Wildman–Crippen LogP) is 7.64. The molecule has 0 aromatic heterocycles. The molecule has 0 atom stereocenters. The van der Waals surface area contributed by atoms with E-state index >= 15 is 0 Å². The maximum Gasteiger partial charge on any atom is 0.348 e. The number of carbonyl (C=O) groups is 1. The summed E-state index contributed by atoms with van der Waals surface area (Å²) in [7, 11) is 3.10. The Morgan fingerprint density at radius 2 is 1.33 bits per heavy atom. The van der Waals surface area contributed by atoms with Crippen LogP contribution in [0.4, 0.5) is 0 Å². The molecule has 5 nitrogen and oxygen atoms in total. The Morgan fingerprint density at radius 1 is 0.818 bits per heavy atom. The van der Waals surface area contributed by atoms with E-state index in [0.717, 1.165) is 12.8 Å². The van der Waals surface area contributed by atoms with Gasteiger partial charge < -0.3 is 14.2 Å². The molecule has 0 amide bonds. The Kier molecular flexibility index (Phi) is 16.5. The summed E-state index contributed by atoms with van der Waals surface area (Å²) in [5.41, 5.74) is 0.658. The van der Waals surface area contributed by atoms with Crippen molar-refractivity contribution in [3.8, 4) is 17.6 Å². The second-order valence-corrected chi connectivity index (χ2v) is 8.52. The number of ether oxygens (including phenoxy) is 3. The molecule has 0 aliphatic heterocycles. The van der Waals surface area contributed by atoms with E-state index in [1.54, 1.807) is 32.4 Å². The van der Waals surface area contributed by atoms with Crippen LogP contribution in [-0.4, -0.2) is 26.8 Å². The molecular formula is C28H43NO4. The van der Waals surface area contributed by atoms with E-state index in [2.05, 4.69) is 6.92 Å². The Bertz CT molecular complexity index is 736. The molecule has 184 valence electrons. The van der Waals surface area contributed by atoms with E-state index < -0.39 is 5.97 Å². The zero-order chi connectivity index (χ0) is 24.2. The summed E-state index contributed by atoms with van der Waals surface area (Å²) >= 11 is 0. The number of nitriles is 1. The van der Waals surface area contributed by atoms with Gasteiger partial charge in [-0.15, -0.1) is 0 Å². The number of rotatable bonds is 19. The maximum absolute atomic E-state index is 12.2. The number of benzene rings is 1. The smallest absolute Gasteiger partial charge is 0.348 e. The van der Waals surface area contributed by atoms with Crippen molar-refractivity contribution in [2.75, 3.05) is 20.8 Å². The lowest BCUT2D eigenvalue weighted by atomic mass is 10.0. The number of hydrogen-bond acceptors (Lipinski definition) is 5. The highest BCUT2D eigenvalue weighted by Crippen LogP contribution is 2.28. The average Bonchev–Trinajstić information content (AvgIpc) is 2.84. The number of unbranched alkanes of at least 4 members (excludes halogenated alkanes) is 13. The number of nitrogens with zero attached hydrogens (tertiary/aromatic N) is 1. The van der Waals surface area contributed by atoms with Gasteiger partial charge in [0.1, 0.15) is 11.6 Å². The molecule has 0 spiro atoms. The molecule has 0 unspecified atom stereocenters. The third-order valence-electron chi connectivity index (χ3n) is 5.79. The fourth-order valence-corrected chi connectivity index (χ4v) is 3.79. The molecule has 0 saturated heterocycles. The fourth-order valence-electron chi connectivity index (χ4n) is 3.79. The molecule has 0 saturated carbocycles. The first-order valence-electron chi connectivity index (χ1n) is 12.7. The van der Waals surface area contributed by atoms with Crippen LogP contribution in [0.15, 0.2) is 23.8 Å². The van der Waals surface area contributed by atoms with Crippen molar-refractivity contribution in [1.29, 1.82) is 5.26 Å². The molecule has 5 heteroatoms. The first-order chi connectivity index (χ1) is 16.2. The van der Waals surface area contributed by atoms with Crippen LogP contribution in [0.5, 0.6) is 11.5 Å². The van der Waals surface area contributed by atoms with Gasteiger partial charge in [-0.1, -0.05) is 96.5 Å². The first-order valence-corrected chi connectivity index (χ1v) is 12.7. The van der Waals surface area contributed by atoms with Crippen molar-refractivity contribution in [1.82, 2.24) is 0 Å².